The first kappa shape index (κ1) is 24.7. The molecule has 0 radical (unpaired) electrons. The van der Waals surface area contributed by atoms with Gasteiger partial charge < -0.3 is 19.5 Å². The van der Waals surface area contributed by atoms with Crippen LogP contribution in [0.1, 0.15) is 24.2 Å². The van der Waals surface area contributed by atoms with E-state index in [1.54, 1.807) is 10.9 Å². The number of nitrogens with one attached hydrogen (secondary N) is 1. The van der Waals surface area contributed by atoms with Gasteiger partial charge in [-0.15, -0.1) is 18.3 Å². The average Bonchev–Trinajstić information content (AvgIpc) is 3.61. The van der Waals surface area contributed by atoms with E-state index in [1.165, 1.54) is 37.1 Å². The summed E-state index contributed by atoms with van der Waals surface area (Å²) in [5.41, 5.74) is 1.47. The third kappa shape index (κ3) is 6.42. The molecule has 0 aliphatic carbocycles. The zero-order chi connectivity index (χ0) is 25.8. The second-order valence-corrected chi connectivity index (χ2v) is 8.66. The monoisotopic (exact) mass is 514 g/mol. The van der Waals surface area contributed by atoms with Gasteiger partial charge in [0.15, 0.2) is 0 Å². The van der Waals surface area contributed by atoms with Gasteiger partial charge in [0.1, 0.15) is 17.4 Å². The van der Waals surface area contributed by atoms with E-state index in [0.717, 1.165) is 37.6 Å². The van der Waals surface area contributed by atoms with Gasteiger partial charge in [0.2, 0.25) is 11.6 Å². The summed E-state index contributed by atoms with van der Waals surface area (Å²) in [4.78, 5) is 15.6. The maximum atomic E-state index is 12.4. The van der Waals surface area contributed by atoms with E-state index < -0.39 is 6.36 Å². The van der Waals surface area contributed by atoms with Crippen LogP contribution in [-0.4, -0.2) is 67.3 Å². The van der Waals surface area contributed by atoms with E-state index in [9.17, 15) is 13.2 Å². The molecule has 194 valence electrons. The molecule has 5 rings (SSSR count). The minimum absolute atomic E-state index is 0.103. The van der Waals surface area contributed by atoms with Crippen molar-refractivity contribution in [1.29, 1.82) is 0 Å². The normalized spacial score (nSPS) is 14.3. The van der Waals surface area contributed by atoms with E-state index in [0.29, 0.717) is 17.9 Å². The van der Waals surface area contributed by atoms with Gasteiger partial charge in [-0.25, -0.2) is 14.6 Å². The van der Waals surface area contributed by atoms with Gasteiger partial charge in [0.05, 0.1) is 6.54 Å². The van der Waals surface area contributed by atoms with Crippen molar-refractivity contribution >= 4 is 5.82 Å². The lowest BCUT2D eigenvalue weighted by molar-refractivity contribution is -0.274. The molecule has 1 aliphatic rings. The number of aromatic nitrogens is 6. The highest BCUT2D eigenvalue weighted by atomic mass is 19.4. The third-order valence-corrected chi connectivity index (χ3v) is 5.91. The molecule has 1 aliphatic heterocycles. The fraction of sp³-hybridized carbons (Fsp3) is 0.375. The lowest BCUT2D eigenvalue weighted by Gasteiger charge is -2.15. The van der Waals surface area contributed by atoms with Crippen molar-refractivity contribution in [2.45, 2.75) is 32.7 Å². The van der Waals surface area contributed by atoms with Crippen LogP contribution >= 0.6 is 0 Å². The molecule has 0 amide bonds. The van der Waals surface area contributed by atoms with E-state index in [-0.39, 0.29) is 23.3 Å². The van der Waals surface area contributed by atoms with Crippen molar-refractivity contribution in [3.05, 3.63) is 54.0 Å². The summed E-state index contributed by atoms with van der Waals surface area (Å²) in [5, 5.41) is 11.8. The van der Waals surface area contributed by atoms with Crippen molar-refractivity contribution in [2.75, 3.05) is 31.5 Å². The Balaban J connectivity index is 1.23. The molecule has 0 unspecified atom stereocenters. The standard InChI is InChI=1S/C24H25F3N8O2/c1-16-30-22(23-31-21(33-37-23)18-4-6-19(7-5-18)36-24(25,26)27)32-35(16)15-17-8-9-28-20(14-17)29-10-13-34-11-2-3-12-34/h4-9,14H,2-3,10-13,15H2,1H3,(H,28,29). The summed E-state index contributed by atoms with van der Waals surface area (Å²) in [7, 11) is 0. The van der Waals surface area contributed by atoms with Crippen LogP contribution in [-0.2, 0) is 6.54 Å². The first-order valence-electron chi connectivity index (χ1n) is 11.9. The molecule has 4 heterocycles. The minimum atomic E-state index is -4.76. The van der Waals surface area contributed by atoms with Crippen molar-refractivity contribution < 1.29 is 22.4 Å². The fourth-order valence-electron chi connectivity index (χ4n) is 4.09. The number of alkyl halides is 3. The Bertz CT molecular complexity index is 1330. The van der Waals surface area contributed by atoms with E-state index >= 15 is 0 Å². The van der Waals surface area contributed by atoms with Gasteiger partial charge in [0, 0.05) is 24.8 Å². The SMILES string of the molecule is Cc1nc(-c2nc(-c3ccc(OC(F)(F)F)cc3)no2)nn1Cc1ccnc(NCCN2CCCC2)c1. The number of benzene rings is 1. The summed E-state index contributed by atoms with van der Waals surface area (Å²) in [6.45, 7) is 6.45. The summed E-state index contributed by atoms with van der Waals surface area (Å²) >= 11 is 0. The highest BCUT2D eigenvalue weighted by molar-refractivity contribution is 5.57. The fourth-order valence-corrected chi connectivity index (χ4v) is 4.09. The number of halogens is 3. The summed E-state index contributed by atoms with van der Waals surface area (Å²) in [5.74, 6) is 1.68. The van der Waals surface area contributed by atoms with Crippen LogP contribution < -0.4 is 10.1 Å². The molecule has 4 aromatic rings. The molecule has 0 atom stereocenters. The predicted octanol–water partition coefficient (Wildman–Crippen LogP) is 4.15. The van der Waals surface area contributed by atoms with Crippen LogP contribution in [0.3, 0.4) is 0 Å². The van der Waals surface area contributed by atoms with E-state index in [2.05, 4.69) is 40.2 Å². The first-order chi connectivity index (χ1) is 17.8. The van der Waals surface area contributed by atoms with Crippen LogP contribution in [0.15, 0.2) is 47.1 Å². The number of pyridine rings is 1. The van der Waals surface area contributed by atoms with Crippen molar-refractivity contribution in [3.8, 4) is 28.9 Å². The summed E-state index contributed by atoms with van der Waals surface area (Å²) < 4.78 is 48.0. The molecule has 0 saturated carbocycles. The summed E-state index contributed by atoms with van der Waals surface area (Å²) in [6.07, 6.45) is -0.460. The highest BCUT2D eigenvalue weighted by Gasteiger charge is 2.31. The lowest BCUT2D eigenvalue weighted by atomic mass is 10.2. The Morgan fingerprint density at radius 1 is 1.05 bits per heavy atom. The largest absolute Gasteiger partial charge is 0.573 e. The first-order valence-corrected chi connectivity index (χ1v) is 11.9. The number of anilines is 1. The molecular formula is C24H25F3N8O2. The second kappa shape index (κ2) is 10.5. The Labute approximate surface area is 210 Å². The van der Waals surface area contributed by atoms with Crippen molar-refractivity contribution in [2.24, 2.45) is 0 Å². The molecular weight excluding hydrogens is 489 g/mol. The molecule has 13 heteroatoms. The molecule has 37 heavy (non-hydrogen) atoms. The van der Waals surface area contributed by atoms with Crippen LogP contribution in [0.4, 0.5) is 19.0 Å². The van der Waals surface area contributed by atoms with Crippen LogP contribution in [0.5, 0.6) is 5.75 Å². The number of ether oxygens (including phenoxy) is 1. The zero-order valence-corrected chi connectivity index (χ0v) is 20.1. The number of rotatable bonds is 9. The Kier molecular flexibility index (Phi) is 7.04. The van der Waals surface area contributed by atoms with Crippen LogP contribution in [0.25, 0.3) is 23.1 Å². The van der Waals surface area contributed by atoms with E-state index in [4.69, 9.17) is 4.52 Å². The van der Waals surface area contributed by atoms with Crippen LogP contribution in [0, 0.1) is 6.92 Å². The van der Waals surface area contributed by atoms with Gasteiger partial charge in [0.25, 0.3) is 5.89 Å². The molecule has 1 N–H and O–H groups in total. The van der Waals surface area contributed by atoms with E-state index in [1.807, 2.05) is 19.1 Å². The van der Waals surface area contributed by atoms with Gasteiger partial charge in [-0.05, 0) is 74.8 Å². The molecule has 10 nitrogen and oxygen atoms in total. The quantitative estimate of drug-likeness (QED) is 0.352. The highest BCUT2D eigenvalue weighted by Crippen LogP contribution is 2.26. The van der Waals surface area contributed by atoms with Gasteiger partial charge in [-0.1, -0.05) is 5.16 Å². The molecule has 1 aromatic carbocycles. The number of hydrogen-bond acceptors (Lipinski definition) is 9. The molecule has 0 spiro atoms. The van der Waals surface area contributed by atoms with Gasteiger partial charge in [-0.3, -0.25) is 0 Å². The Morgan fingerprint density at radius 3 is 2.59 bits per heavy atom. The lowest BCUT2D eigenvalue weighted by Crippen LogP contribution is -2.26. The van der Waals surface area contributed by atoms with Gasteiger partial charge >= 0.3 is 6.36 Å². The Morgan fingerprint density at radius 2 is 1.84 bits per heavy atom. The van der Waals surface area contributed by atoms with Gasteiger partial charge in [-0.2, -0.15) is 4.98 Å². The number of aryl methyl sites for hydroxylation is 1. The minimum Gasteiger partial charge on any atom is -0.406 e. The molecule has 0 bridgehead atoms. The van der Waals surface area contributed by atoms with Crippen LogP contribution in [0.2, 0.25) is 0 Å². The maximum absolute atomic E-state index is 12.4. The van der Waals surface area contributed by atoms with Crippen molar-refractivity contribution in [3.63, 3.8) is 0 Å². The number of hydrogen-bond donors (Lipinski definition) is 1. The van der Waals surface area contributed by atoms with Crippen molar-refractivity contribution in [1.82, 2.24) is 34.8 Å². The summed E-state index contributed by atoms with van der Waals surface area (Å²) in [6, 6.07) is 9.09. The molecule has 1 saturated heterocycles. The number of nitrogens with zero attached hydrogens (tertiary/aromatic N) is 7. The topological polar surface area (TPSA) is 107 Å². The second-order valence-electron chi connectivity index (χ2n) is 8.66. The smallest absolute Gasteiger partial charge is 0.406 e. The Hall–Kier alpha value is -4.00. The maximum Gasteiger partial charge on any atom is 0.573 e. The predicted molar refractivity (Wildman–Crippen MR) is 128 cm³/mol. The molecule has 1 fully saturated rings. The third-order valence-electron chi connectivity index (χ3n) is 5.91. The average molecular weight is 515 g/mol. The zero-order valence-electron chi connectivity index (χ0n) is 20.1. The molecule has 3 aromatic heterocycles. The number of likely N-dealkylation sites (tertiary alicyclic amines) is 1.